The maximum atomic E-state index is 12.2. The predicted octanol–water partition coefficient (Wildman–Crippen LogP) is 2.60. The Hall–Kier alpha value is -1.42. The first-order valence-corrected chi connectivity index (χ1v) is 7.50. The summed E-state index contributed by atoms with van der Waals surface area (Å²) in [5, 5.41) is 3.00. The normalized spacial score (nSPS) is 18.4. The highest BCUT2D eigenvalue weighted by atomic mass is 35.5. The van der Waals surface area contributed by atoms with Crippen LogP contribution in [0.25, 0.3) is 0 Å². The second-order valence-corrected chi connectivity index (χ2v) is 5.86. The highest BCUT2D eigenvalue weighted by Gasteiger charge is 2.41. The van der Waals surface area contributed by atoms with Crippen LogP contribution in [0.2, 0.25) is 0 Å². The molecule has 1 fully saturated rings. The summed E-state index contributed by atoms with van der Waals surface area (Å²) in [6.45, 7) is 1.78. The van der Waals surface area contributed by atoms with Crippen LogP contribution in [0.4, 0.5) is 0 Å². The van der Waals surface area contributed by atoms with Gasteiger partial charge in [0.1, 0.15) is 13.2 Å². The zero-order chi connectivity index (χ0) is 14.0. The summed E-state index contributed by atoms with van der Waals surface area (Å²) >= 11 is 5.79. The van der Waals surface area contributed by atoms with Crippen molar-refractivity contribution in [3.63, 3.8) is 0 Å². The van der Waals surface area contributed by atoms with Crippen molar-refractivity contribution in [3.05, 3.63) is 23.8 Å². The third-order valence-electron chi connectivity index (χ3n) is 4.01. The van der Waals surface area contributed by atoms with E-state index in [0.717, 1.165) is 19.3 Å². The zero-order valence-corrected chi connectivity index (χ0v) is 12.0. The van der Waals surface area contributed by atoms with Gasteiger partial charge in [-0.3, -0.25) is 4.79 Å². The fourth-order valence-electron chi connectivity index (χ4n) is 2.45. The van der Waals surface area contributed by atoms with Crippen molar-refractivity contribution < 1.29 is 14.3 Å². The quantitative estimate of drug-likeness (QED) is 0.850. The molecule has 0 aromatic heterocycles. The SMILES string of the molecule is O=C(NCC1(CCCl)CC1)c1ccc2c(c1)OCCO2. The molecule has 1 heterocycles. The van der Waals surface area contributed by atoms with Crippen LogP contribution in [0.3, 0.4) is 0 Å². The molecule has 108 valence electrons. The molecule has 1 aliphatic heterocycles. The van der Waals surface area contributed by atoms with Crippen LogP contribution < -0.4 is 14.8 Å². The molecule has 4 nitrogen and oxygen atoms in total. The van der Waals surface area contributed by atoms with Gasteiger partial charge in [0, 0.05) is 18.0 Å². The maximum Gasteiger partial charge on any atom is 0.251 e. The number of halogens is 1. The highest BCUT2D eigenvalue weighted by Crippen LogP contribution is 2.48. The molecule has 0 saturated heterocycles. The van der Waals surface area contributed by atoms with Gasteiger partial charge in [-0.25, -0.2) is 0 Å². The molecule has 1 aliphatic carbocycles. The molecule has 20 heavy (non-hydrogen) atoms. The number of hydrogen-bond donors (Lipinski definition) is 1. The van der Waals surface area contributed by atoms with Gasteiger partial charge >= 0.3 is 0 Å². The first kappa shape index (κ1) is 13.6. The van der Waals surface area contributed by atoms with Crippen LogP contribution in [0.5, 0.6) is 11.5 Å². The maximum absolute atomic E-state index is 12.2. The number of fused-ring (bicyclic) bond motifs is 1. The zero-order valence-electron chi connectivity index (χ0n) is 11.3. The summed E-state index contributed by atoms with van der Waals surface area (Å²) in [5.74, 6) is 1.93. The van der Waals surface area contributed by atoms with E-state index in [9.17, 15) is 4.79 Å². The summed E-state index contributed by atoms with van der Waals surface area (Å²) < 4.78 is 10.9. The first-order valence-electron chi connectivity index (χ1n) is 6.96. The monoisotopic (exact) mass is 295 g/mol. The average Bonchev–Trinajstić information content (AvgIpc) is 3.25. The van der Waals surface area contributed by atoms with Gasteiger partial charge in [-0.1, -0.05) is 0 Å². The van der Waals surface area contributed by atoms with Gasteiger partial charge < -0.3 is 14.8 Å². The fourth-order valence-corrected chi connectivity index (χ4v) is 2.85. The van der Waals surface area contributed by atoms with E-state index in [2.05, 4.69) is 5.32 Å². The molecule has 2 aliphatic rings. The van der Waals surface area contributed by atoms with Crippen LogP contribution in [-0.4, -0.2) is 31.5 Å². The molecule has 0 unspecified atom stereocenters. The Labute approximate surface area is 123 Å². The summed E-state index contributed by atoms with van der Waals surface area (Å²) in [5.41, 5.74) is 0.849. The van der Waals surface area contributed by atoms with E-state index in [1.807, 2.05) is 0 Å². The molecule has 5 heteroatoms. The van der Waals surface area contributed by atoms with Crippen molar-refractivity contribution >= 4 is 17.5 Å². The molecule has 0 bridgehead atoms. The molecule has 1 aromatic rings. The van der Waals surface area contributed by atoms with Gasteiger partial charge in [0.25, 0.3) is 5.91 Å². The van der Waals surface area contributed by atoms with Gasteiger partial charge in [-0.05, 0) is 42.9 Å². The Morgan fingerprint density at radius 1 is 1.25 bits per heavy atom. The van der Waals surface area contributed by atoms with E-state index in [1.54, 1.807) is 18.2 Å². The van der Waals surface area contributed by atoms with Gasteiger partial charge in [0.05, 0.1) is 0 Å². The number of carbonyl (C=O) groups excluding carboxylic acids is 1. The van der Waals surface area contributed by atoms with Crippen LogP contribution in [0.1, 0.15) is 29.6 Å². The minimum atomic E-state index is -0.0668. The topological polar surface area (TPSA) is 47.6 Å². The number of hydrogen-bond acceptors (Lipinski definition) is 3. The van der Waals surface area contributed by atoms with Crippen LogP contribution in [-0.2, 0) is 0 Å². The minimum absolute atomic E-state index is 0.0668. The van der Waals surface area contributed by atoms with Crippen molar-refractivity contribution in [2.24, 2.45) is 5.41 Å². The number of nitrogens with one attached hydrogen (secondary N) is 1. The minimum Gasteiger partial charge on any atom is -0.486 e. The van der Waals surface area contributed by atoms with E-state index in [4.69, 9.17) is 21.1 Å². The molecule has 1 aromatic carbocycles. The smallest absolute Gasteiger partial charge is 0.251 e. The van der Waals surface area contributed by atoms with Crippen LogP contribution in [0.15, 0.2) is 18.2 Å². The number of carbonyl (C=O) groups is 1. The molecule has 0 spiro atoms. The van der Waals surface area contributed by atoms with E-state index in [-0.39, 0.29) is 11.3 Å². The standard InChI is InChI=1S/C15H18ClNO3/c16-6-5-15(3-4-15)10-17-14(18)11-1-2-12-13(9-11)20-8-7-19-12/h1-2,9H,3-8,10H2,(H,17,18). The second-order valence-electron chi connectivity index (χ2n) is 5.48. The summed E-state index contributed by atoms with van der Waals surface area (Å²) in [6, 6.07) is 5.30. The van der Waals surface area contributed by atoms with Crippen molar-refractivity contribution in [2.75, 3.05) is 25.6 Å². The Balaban J connectivity index is 1.62. The number of alkyl halides is 1. The van der Waals surface area contributed by atoms with Crippen molar-refractivity contribution in [2.45, 2.75) is 19.3 Å². The summed E-state index contributed by atoms with van der Waals surface area (Å²) in [4.78, 5) is 12.2. The van der Waals surface area contributed by atoms with Crippen molar-refractivity contribution in [1.29, 1.82) is 0 Å². The Bertz CT molecular complexity index is 514. The predicted molar refractivity (Wildman–Crippen MR) is 76.8 cm³/mol. The van der Waals surface area contributed by atoms with Gasteiger partial charge in [-0.2, -0.15) is 0 Å². The van der Waals surface area contributed by atoms with Crippen LogP contribution >= 0.6 is 11.6 Å². The molecule has 1 N–H and O–H groups in total. The molecule has 1 saturated carbocycles. The molecule has 1 amide bonds. The summed E-state index contributed by atoms with van der Waals surface area (Å²) in [6.07, 6.45) is 3.28. The van der Waals surface area contributed by atoms with Gasteiger partial charge in [-0.15, -0.1) is 11.6 Å². The highest BCUT2D eigenvalue weighted by molar-refractivity contribution is 6.17. The average molecular weight is 296 g/mol. The molecule has 3 rings (SSSR count). The lowest BCUT2D eigenvalue weighted by Crippen LogP contribution is -2.30. The van der Waals surface area contributed by atoms with E-state index >= 15 is 0 Å². The first-order chi connectivity index (χ1) is 9.72. The molecular weight excluding hydrogens is 278 g/mol. The third-order valence-corrected chi connectivity index (χ3v) is 4.20. The Kier molecular flexibility index (Phi) is 3.74. The van der Waals surface area contributed by atoms with E-state index in [0.29, 0.717) is 42.7 Å². The number of ether oxygens (including phenoxy) is 2. The number of amides is 1. The van der Waals surface area contributed by atoms with E-state index in [1.165, 1.54) is 0 Å². The van der Waals surface area contributed by atoms with Crippen molar-refractivity contribution in [1.82, 2.24) is 5.32 Å². The third kappa shape index (κ3) is 2.85. The van der Waals surface area contributed by atoms with Gasteiger partial charge in [0.2, 0.25) is 0 Å². The lowest BCUT2D eigenvalue weighted by molar-refractivity contribution is 0.0943. The molecule has 0 radical (unpaired) electrons. The second kappa shape index (κ2) is 5.52. The largest absolute Gasteiger partial charge is 0.486 e. The lowest BCUT2D eigenvalue weighted by atomic mass is 10.0. The van der Waals surface area contributed by atoms with Crippen LogP contribution in [0, 0.1) is 5.41 Å². The summed E-state index contributed by atoms with van der Waals surface area (Å²) in [7, 11) is 0. The molecular formula is C15H18ClNO3. The fraction of sp³-hybridized carbons (Fsp3) is 0.533. The lowest BCUT2D eigenvalue weighted by Gasteiger charge is -2.19. The number of benzene rings is 1. The Morgan fingerprint density at radius 2 is 2.00 bits per heavy atom. The van der Waals surface area contributed by atoms with Crippen molar-refractivity contribution in [3.8, 4) is 11.5 Å². The van der Waals surface area contributed by atoms with E-state index < -0.39 is 0 Å². The molecule has 0 atom stereocenters. The van der Waals surface area contributed by atoms with Gasteiger partial charge in [0.15, 0.2) is 11.5 Å². The Morgan fingerprint density at radius 3 is 2.70 bits per heavy atom. The number of rotatable bonds is 5.